The van der Waals surface area contributed by atoms with Gasteiger partial charge < -0.3 is 5.32 Å². The summed E-state index contributed by atoms with van der Waals surface area (Å²) >= 11 is 1.75. The van der Waals surface area contributed by atoms with E-state index in [4.69, 9.17) is 4.98 Å². The summed E-state index contributed by atoms with van der Waals surface area (Å²) < 4.78 is 1.24. The number of nitrogens with one attached hydrogen (secondary N) is 1. The third-order valence-corrected chi connectivity index (χ3v) is 4.39. The highest BCUT2D eigenvalue weighted by molar-refractivity contribution is 7.19. The van der Waals surface area contributed by atoms with Crippen LogP contribution in [0.5, 0.6) is 0 Å². The third kappa shape index (κ3) is 2.39. The molecule has 1 aromatic carbocycles. The van der Waals surface area contributed by atoms with Gasteiger partial charge in [0.15, 0.2) is 0 Å². The van der Waals surface area contributed by atoms with Crippen LogP contribution in [-0.4, -0.2) is 18.1 Å². The zero-order chi connectivity index (χ0) is 13.2. The number of rotatable bonds is 2. The van der Waals surface area contributed by atoms with E-state index in [0.717, 1.165) is 10.5 Å². The lowest BCUT2D eigenvalue weighted by Crippen LogP contribution is -2.23. The minimum absolute atomic E-state index is 0.308. The highest BCUT2D eigenvalue weighted by Gasteiger charge is 2.11. The van der Waals surface area contributed by atoms with Gasteiger partial charge >= 0.3 is 0 Å². The van der Waals surface area contributed by atoms with Crippen molar-refractivity contribution in [3.8, 4) is 0 Å². The number of benzene rings is 1. The van der Waals surface area contributed by atoms with Crippen LogP contribution < -0.4 is 5.32 Å². The van der Waals surface area contributed by atoms with Gasteiger partial charge in [-0.2, -0.15) is 0 Å². The number of allylic oxidation sites excluding steroid dienone is 4. The van der Waals surface area contributed by atoms with Crippen LogP contribution in [0.1, 0.15) is 11.9 Å². The molecule has 0 saturated carbocycles. The second kappa shape index (κ2) is 5.11. The van der Waals surface area contributed by atoms with Gasteiger partial charge in [-0.3, -0.25) is 0 Å². The van der Waals surface area contributed by atoms with Gasteiger partial charge in [-0.15, -0.1) is 11.3 Å². The van der Waals surface area contributed by atoms with E-state index in [1.165, 1.54) is 15.8 Å². The Kier molecular flexibility index (Phi) is 3.32. The van der Waals surface area contributed by atoms with E-state index in [1.54, 1.807) is 11.3 Å². The molecule has 0 bridgehead atoms. The minimum Gasteiger partial charge on any atom is -0.310 e. The molecule has 3 rings (SSSR count). The van der Waals surface area contributed by atoms with Crippen molar-refractivity contribution in [2.75, 3.05) is 7.05 Å². The van der Waals surface area contributed by atoms with E-state index in [0.29, 0.717) is 6.04 Å². The molecule has 0 saturated heterocycles. The molecule has 3 heteroatoms. The highest BCUT2D eigenvalue weighted by atomic mass is 32.1. The molecule has 1 aliphatic carbocycles. The normalized spacial score (nSPS) is 19.2. The molecular weight excluding hydrogens is 252 g/mol. The van der Waals surface area contributed by atoms with Crippen LogP contribution in [0.4, 0.5) is 0 Å². The average molecular weight is 268 g/mol. The van der Waals surface area contributed by atoms with Crippen molar-refractivity contribution in [3.63, 3.8) is 0 Å². The SMILES string of the molecule is CNC1C=CC=C(c2nc3ccccc3s2)C=C1C. The molecule has 0 aliphatic heterocycles. The third-order valence-electron chi connectivity index (χ3n) is 3.30. The molecule has 1 aliphatic rings. The second-order valence-corrected chi connectivity index (χ2v) is 5.68. The average Bonchev–Trinajstić information content (AvgIpc) is 2.76. The molecule has 2 nitrogen and oxygen atoms in total. The maximum absolute atomic E-state index is 4.71. The van der Waals surface area contributed by atoms with Crippen LogP contribution in [0.2, 0.25) is 0 Å². The van der Waals surface area contributed by atoms with Gasteiger partial charge in [0.25, 0.3) is 0 Å². The zero-order valence-corrected chi connectivity index (χ0v) is 11.9. The number of hydrogen-bond donors (Lipinski definition) is 1. The molecule has 1 atom stereocenters. The van der Waals surface area contributed by atoms with Gasteiger partial charge in [0.2, 0.25) is 0 Å². The number of fused-ring (bicyclic) bond motifs is 1. The van der Waals surface area contributed by atoms with Gasteiger partial charge in [0.1, 0.15) is 5.01 Å². The van der Waals surface area contributed by atoms with Crippen LogP contribution in [-0.2, 0) is 0 Å². The smallest absolute Gasteiger partial charge is 0.124 e. The first-order valence-corrected chi connectivity index (χ1v) is 7.19. The van der Waals surface area contributed by atoms with Crippen LogP contribution in [0, 0.1) is 0 Å². The van der Waals surface area contributed by atoms with Crippen LogP contribution in [0.3, 0.4) is 0 Å². The summed E-state index contributed by atoms with van der Waals surface area (Å²) in [4.78, 5) is 4.71. The van der Waals surface area contributed by atoms with E-state index in [1.807, 2.05) is 13.1 Å². The summed E-state index contributed by atoms with van der Waals surface area (Å²) in [7, 11) is 1.98. The van der Waals surface area contributed by atoms with Crippen molar-refractivity contribution in [2.24, 2.45) is 0 Å². The summed E-state index contributed by atoms with van der Waals surface area (Å²) in [5, 5.41) is 4.37. The maximum Gasteiger partial charge on any atom is 0.124 e. The molecule has 2 aromatic rings. The predicted octanol–water partition coefficient (Wildman–Crippen LogP) is 3.78. The van der Waals surface area contributed by atoms with Crippen molar-refractivity contribution in [1.29, 1.82) is 0 Å². The van der Waals surface area contributed by atoms with Crippen LogP contribution >= 0.6 is 11.3 Å². The van der Waals surface area contributed by atoms with Crippen molar-refractivity contribution in [3.05, 3.63) is 59.2 Å². The number of para-hydroxylation sites is 1. The molecule has 0 radical (unpaired) electrons. The van der Waals surface area contributed by atoms with Gasteiger partial charge in [0, 0.05) is 11.6 Å². The monoisotopic (exact) mass is 268 g/mol. The molecule has 96 valence electrons. The lowest BCUT2D eigenvalue weighted by molar-refractivity contribution is 0.753. The molecule has 1 aromatic heterocycles. The van der Waals surface area contributed by atoms with Crippen LogP contribution in [0.15, 0.2) is 54.1 Å². The highest BCUT2D eigenvalue weighted by Crippen LogP contribution is 2.29. The Balaban J connectivity index is 2.04. The standard InChI is InChI=1S/C16H16N2S/c1-11-10-12(6-5-8-13(11)17-2)16-18-14-7-3-4-9-15(14)19-16/h3-10,13,17H,1-2H3. The maximum atomic E-state index is 4.71. The van der Waals surface area contributed by atoms with Crippen molar-refractivity contribution in [2.45, 2.75) is 13.0 Å². The largest absolute Gasteiger partial charge is 0.310 e. The van der Waals surface area contributed by atoms with Gasteiger partial charge in [-0.05, 0) is 26.1 Å². The molecule has 0 amide bonds. The fraction of sp³-hybridized carbons (Fsp3) is 0.188. The van der Waals surface area contributed by atoms with Crippen molar-refractivity contribution >= 4 is 27.1 Å². The fourth-order valence-corrected chi connectivity index (χ4v) is 3.22. The van der Waals surface area contributed by atoms with E-state index in [-0.39, 0.29) is 0 Å². The number of thiazole rings is 1. The molecule has 0 spiro atoms. The Labute approximate surface area is 117 Å². The lowest BCUT2D eigenvalue weighted by atomic mass is 10.1. The Bertz CT molecular complexity index is 659. The van der Waals surface area contributed by atoms with E-state index < -0.39 is 0 Å². The first kappa shape index (κ1) is 12.3. The first-order valence-electron chi connectivity index (χ1n) is 6.38. The van der Waals surface area contributed by atoms with Gasteiger partial charge in [-0.1, -0.05) is 42.0 Å². The van der Waals surface area contributed by atoms with E-state index in [9.17, 15) is 0 Å². The molecule has 19 heavy (non-hydrogen) atoms. The van der Waals surface area contributed by atoms with Gasteiger partial charge in [-0.25, -0.2) is 4.98 Å². The van der Waals surface area contributed by atoms with Crippen molar-refractivity contribution in [1.82, 2.24) is 10.3 Å². The molecule has 1 heterocycles. The van der Waals surface area contributed by atoms with Crippen molar-refractivity contribution < 1.29 is 0 Å². The number of likely N-dealkylation sites (N-methyl/N-ethyl adjacent to an activating group) is 1. The number of aromatic nitrogens is 1. The van der Waals surface area contributed by atoms with E-state index >= 15 is 0 Å². The fourth-order valence-electron chi connectivity index (χ4n) is 2.26. The predicted molar refractivity (Wildman–Crippen MR) is 83.3 cm³/mol. The number of nitrogens with zero attached hydrogens (tertiary/aromatic N) is 1. The lowest BCUT2D eigenvalue weighted by Gasteiger charge is -2.10. The Morgan fingerprint density at radius 3 is 2.89 bits per heavy atom. The van der Waals surface area contributed by atoms with Gasteiger partial charge in [0.05, 0.1) is 10.2 Å². The topological polar surface area (TPSA) is 24.9 Å². The molecular formula is C16H16N2S. The Morgan fingerprint density at radius 2 is 2.11 bits per heavy atom. The quantitative estimate of drug-likeness (QED) is 0.896. The summed E-state index contributed by atoms with van der Waals surface area (Å²) in [6.45, 7) is 2.15. The molecule has 1 unspecified atom stereocenters. The zero-order valence-electron chi connectivity index (χ0n) is 11.1. The minimum atomic E-state index is 0.308. The molecule has 1 N–H and O–H groups in total. The summed E-state index contributed by atoms with van der Waals surface area (Å²) in [6, 6.07) is 8.59. The second-order valence-electron chi connectivity index (χ2n) is 4.65. The Morgan fingerprint density at radius 1 is 1.26 bits per heavy atom. The summed E-state index contributed by atoms with van der Waals surface area (Å²) in [5.74, 6) is 0. The van der Waals surface area contributed by atoms with Crippen LogP contribution in [0.25, 0.3) is 15.8 Å². The molecule has 0 fully saturated rings. The number of hydrogen-bond acceptors (Lipinski definition) is 3. The van der Waals surface area contributed by atoms with E-state index in [2.05, 4.69) is 54.7 Å². The first-order chi connectivity index (χ1) is 9.28. The Hall–Kier alpha value is -1.71. The summed E-state index contributed by atoms with van der Waals surface area (Å²) in [5.41, 5.74) is 3.57. The summed E-state index contributed by atoms with van der Waals surface area (Å²) in [6.07, 6.45) is 8.64.